The van der Waals surface area contributed by atoms with Crippen LogP contribution >= 0.6 is 0 Å². The molecule has 1 aromatic rings. The normalized spacial score (nSPS) is 10.8. The Kier molecular flexibility index (Phi) is 2.92. The molecule has 0 aliphatic rings. The van der Waals surface area contributed by atoms with Gasteiger partial charge in [0.05, 0.1) is 0 Å². The Morgan fingerprint density at radius 3 is 2.83 bits per heavy atom. The summed E-state index contributed by atoms with van der Waals surface area (Å²) in [6, 6.07) is 2.11. The van der Waals surface area contributed by atoms with Crippen molar-refractivity contribution in [3.05, 3.63) is 36.2 Å². The summed E-state index contributed by atoms with van der Waals surface area (Å²) < 4.78 is 2.18. The van der Waals surface area contributed by atoms with E-state index >= 15 is 0 Å². The van der Waals surface area contributed by atoms with Crippen LogP contribution in [-0.2, 0) is 6.54 Å². The molecule has 0 aromatic carbocycles. The average Bonchev–Trinajstić information content (AvgIpc) is 2.47. The first kappa shape index (κ1) is 8.85. The van der Waals surface area contributed by atoms with E-state index < -0.39 is 0 Å². The Bertz CT molecular complexity index is 292. The molecule has 0 saturated carbocycles. The van der Waals surface area contributed by atoms with Crippen molar-refractivity contribution >= 4 is 12.2 Å². The third-order valence-electron chi connectivity index (χ3n) is 1.92. The van der Waals surface area contributed by atoms with Gasteiger partial charge in [0.1, 0.15) is 0 Å². The Morgan fingerprint density at radius 2 is 2.33 bits per heavy atom. The maximum atomic E-state index is 3.80. The van der Waals surface area contributed by atoms with E-state index in [1.54, 1.807) is 0 Å². The van der Waals surface area contributed by atoms with Gasteiger partial charge in [0, 0.05) is 18.4 Å². The van der Waals surface area contributed by atoms with E-state index in [-0.39, 0.29) is 0 Å². The third-order valence-corrected chi connectivity index (χ3v) is 1.92. The van der Waals surface area contributed by atoms with Crippen LogP contribution in [0.1, 0.15) is 25.1 Å². The van der Waals surface area contributed by atoms with Crippen molar-refractivity contribution < 1.29 is 0 Å². The SMILES string of the molecule is C=Cc1c(/C=C\C)ccn1CC. The average molecular weight is 161 g/mol. The number of aryl methyl sites for hydroxylation is 1. The molecule has 0 aliphatic carbocycles. The van der Waals surface area contributed by atoms with E-state index in [9.17, 15) is 0 Å². The van der Waals surface area contributed by atoms with E-state index in [0.29, 0.717) is 0 Å². The fraction of sp³-hybridized carbons (Fsp3) is 0.273. The van der Waals surface area contributed by atoms with Crippen LogP contribution in [-0.4, -0.2) is 4.57 Å². The number of nitrogens with zero attached hydrogens (tertiary/aromatic N) is 1. The predicted molar refractivity (Wildman–Crippen MR) is 54.9 cm³/mol. The van der Waals surface area contributed by atoms with Crippen LogP contribution < -0.4 is 0 Å². The van der Waals surface area contributed by atoms with Crippen molar-refractivity contribution in [2.75, 3.05) is 0 Å². The lowest BCUT2D eigenvalue weighted by atomic mass is 10.2. The summed E-state index contributed by atoms with van der Waals surface area (Å²) in [7, 11) is 0. The zero-order valence-electron chi connectivity index (χ0n) is 7.75. The second-order valence-corrected chi connectivity index (χ2v) is 2.65. The zero-order chi connectivity index (χ0) is 8.97. The number of aromatic nitrogens is 1. The highest BCUT2D eigenvalue weighted by atomic mass is 15.0. The molecule has 0 N–H and O–H groups in total. The molecular formula is C11H15N. The number of rotatable bonds is 3. The molecule has 64 valence electrons. The molecule has 1 rings (SSSR count). The molecule has 1 heteroatoms. The molecule has 1 aromatic heterocycles. The summed E-state index contributed by atoms with van der Waals surface area (Å²) in [5.74, 6) is 0. The van der Waals surface area contributed by atoms with Crippen molar-refractivity contribution in [3.63, 3.8) is 0 Å². The summed E-state index contributed by atoms with van der Waals surface area (Å²) >= 11 is 0. The maximum Gasteiger partial charge on any atom is 0.0474 e. The minimum Gasteiger partial charge on any atom is -0.348 e. The Morgan fingerprint density at radius 1 is 1.58 bits per heavy atom. The summed E-state index contributed by atoms with van der Waals surface area (Å²) in [5.41, 5.74) is 2.45. The van der Waals surface area contributed by atoms with Crippen LogP contribution in [0.5, 0.6) is 0 Å². The molecule has 0 atom stereocenters. The fourth-order valence-corrected chi connectivity index (χ4v) is 1.33. The van der Waals surface area contributed by atoms with E-state index in [0.717, 1.165) is 6.54 Å². The molecule has 0 fully saturated rings. The molecule has 1 nitrogen and oxygen atoms in total. The van der Waals surface area contributed by atoms with Gasteiger partial charge >= 0.3 is 0 Å². The number of hydrogen-bond acceptors (Lipinski definition) is 0. The standard InChI is InChI=1S/C11H15N/c1-4-7-10-8-9-12(6-3)11(10)5-2/h4-5,7-9H,2,6H2,1,3H3/b7-4-. The van der Waals surface area contributed by atoms with Gasteiger partial charge in [0.2, 0.25) is 0 Å². The van der Waals surface area contributed by atoms with Gasteiger partial charge < -0.3 is 4.57 Å². The van der Waals surface area contributed by atoms with E-state index in [1.165, 1.54) is 11.3 Å². The van der Waals surface area contributed by atoms with E-state index in [4.69, 9.17) is 0 Å². The van der Waals surface area contributed by atoms with E-state index in [2.05, 4.69) is 36.4 Å². The Hall–Kier alpha value is -1.24. The van der Waals surface area contributed by atoms with Crippen molar-refractivity contribution in [1.29, 1.82) is 0 Å². The summed E-state index contributed by atoms with van der Waals surface area (Å²) in [5, 5.41) is 0. The topological polar surface area (TPSA) is 4.93 Å². The van der Waals surface area contributed by atoms with Gasteiger partial charge in [-0.05, 0) is 31.6 Å². The smallest absolute Gasteiger partial charge is 0.0474 e. The van der Waals surface area contributed by atoms with Gasteiger partial charge in [-0.3, -0.25) is 0 Å². The highest BCUT2D eigenvalue weighted by molar-refractivity contribution is 5.62. The van der Waals surface area contributed by atoms with E-state index in [1.807, 2.05) is 19.1 Å². The van der Waals surface area contributed by atoms with Crippen molar-refractivity contribution in [1.82, 2.24) is 4.57 Å². The molecule has 0 aliphatic heterocycles. The highest BCUT2D eigenvalue weighted by Crippen LogP contribution is 2.14. The van der Waals surface area contributed by atoms with Crippen LogP contribution in [0.4, 0.5) is 0 Å². The fourth-order valence-electron chi connectivity index (χ4n) is 1.33. The van der Waals surface area contributed by atoms with Crippen LogP contribution in [0.3, 0.4) is 0 Å². The maximum absolute atomic E-state index is 3.80. The molecule has 0 bridgehead atoms. The van der Waals surface area contributed by atoms with Gasteiger partial charge in [-0.2, -0.15) is 0 Å². The molecule has 0 amide bonds. The molecule has 0 unspecified atom stereocenters. The molecule has 1 heterocycles. The van der Waals surface area contributed by atoms with Gasteiger partial charge in [-0.15, -0.1) is 0 Å². The second kappa shape index (κ2) is 3.96. The molecule has 0 saturated heterocycles. The lowest BCUT2D eigenvalue weighted by Gasteiger charge is -2.01. The van der Waals surface area contributed by atoms with Gasteiger partial charge in [-0.1, -0.05) is 18.7 Å². The first-order chi connectivity index (χ1) is 5.83. The first-order valence-corrected chi connectivity index (χ1v) is 4.27. The molecular weight excluding hydrogens is 146 g/mol. The molecule has 0 radical (unpaired) electrons. The quantitative estimate of drug-likeness (QED) is 0.641. The van der Waals surface area contributed by atoms with Crippen LogP contribution in [0, 0.1) is 0 Å². The van der Waals surface area contributed by atoms with Crippen LogP contribution in [0.15, 0.2) is 24.9 Å². The molecule has 0 spiro atoms. The highest BCUT2D eigenvalue weighted by Gasteiger charge is 1.99. The predicted octanol–water partition coefficient (Wildman–Crippen LogP) is 3.18. The summed E-state index contributed by atoms with van der Waals surface area (Å²) in [4.78, 5) is 0. The lowest BCUT2D eigenvalue weighted by molar-refractivity contribution is 0.761. The number of allylic oxidation sites excluding steroid dienone is 1. The van der Waals surface area contributed by atoms with Crippen molar-refractivity contribution in [2.24, 2.45) is 0 Å². The number of hydrogen-bond donors (Lipinski definition) is 0. The lowest BCUT2D eigenvalue weighted by Crippen LogP contribution is -1.94. The largest absolute Gasteiger partial charge is 0.348 e. The van der Waals surface area contributed by atoms with Crippen LogP contribution in [0.2, 0.25) is 0 Å². The van der Waals surface area contributed by atoms with Gasteiger partial charge in [0.25, 0.3) is 0 Å². The summed E-state index contributed by atoms with van der Waals surface area (Å²) in [6.07, 6.45) is 8.14. The Labute approximate surface area is 74.0 Å². The van der Waals surface area contributed by atoms with Crippen LogP contribution in [0.25, 0.3) is 12.2 Å². The van der Waals surface area contributed by atoms with Gasteiger partial charge in [0.15, 0.2) is 0 Å². The van der Waals surface area contributed by atoms with Gasteiger partial charge in [-0.25, -0.2) is 0 Å². The van der Waals surface area contributed by atoms with Crippen molar-refractivity contribution in [2.45, 2.75) is 20.4 Å². The monoisotopic (exact) mass is 161 g/mol. The first-order valence-electron chi connectivity index (χ1n) is 4.27. The van der Waals surface area contributed by atoms with Crippen molar-refractivity contribution in [3.8, 4) is 0 Å². The molecule has 12 heavy (non-hydrogen) atoms. The summed E-state index contributed by atoms with van der Waals surface area (Å²) in [6.45, 7) is 8.95. The zero-order valence-corrected chi connectivity index (χ0v) is 7.75. The minimum absolute atomic E-state index is 0.999. The minimum atomic E-state index is 0.999. The Balaban J connectivity index is 3.13. The third kappa shape index (κ3) is 1.50. The second-order valence-electron chi connectivity index (χ2n) is 2.65.